The molecule has 20 heavy (non-hydrogen) atoms. The van der Waals surface area contributed by atoms with E-state index in [0.29, 0.717) is 31.7 Å². The Morgan fingerprint density at radius 2 is 2.30 bits per heavy atom. The normalized spacial score (nSPS) is 21.9. The molecule has 4 nitrogen and oxygen atoms in total. The summed E-state index contributed by atoms with van der Waals surface area (Å²) in [6, 6.07) is 5.64. The van der Waals surface area contributed by atoms with Gasteiger partial charge in [-0.3, -0.25) is 4.79 Å². The highest BCUT2D eigenvalue weighted by molar-refractivity contribution is 9.10. The number of hydrogen-bond acceptors (Lipinski definition) is 3. The van der Waals surface area contributed by atoms with Gasteiger partial charge in [0, 0.05) is 35.2 Å². The molecule has 0 aliphatic carbocycles. The lowest BCUT2D eigenvalue weighted by atomic mass is 9.84. The molecule has 0 bridgehead atoms. The Kier molecular flexibility index (Phi) is 5.18. The molecule has 1 heterocycles. The Balaban J connectivity index is 2.00. The third-order valence-electron chi connectivity index (χ3n) is 3.76. The molecule has 0 unspecified atom stereocenters. The fourth-order valence-corrected chi connectivity index (χ4v) is 3.16. The van der Waals surface area contributed by atoms with Crippen LogP contribution in [0.3, 0.4) is 0 Å². The fraction of sp³-hybridized carbons (Fsp3) is 0.533. The second kappa shape index (κ2) is 6.70. The molecule has 2 N–H and O–H groups in total. The lowest BCUT2D eigenvalue weighted by Gasteiger charge is -2.26. The summed E-state index contributed by atoms with van der Waals surface area (Å²) < 4.78 is 6.32. The maximum absolute atomic E-state index is 12.2. The van der Waals surface area contributed by atoms with Gasteiger partial charge >= 0.3 is 0 Å². The van der Waals surface area contributed by atoms with Gasteiger partial charge in [-0.15, -0.1) is 0 Å². The Hall–Kier alpha value is -0.910. The maximum Gasteiger partial charge on any atom is 0.251 e. The van der Waals surface area contributed by atoms with Crippen LogP contribution in [-0.4, -0.2) is 37.4 Å². The van der Waals surface area contributed by atoms with Crippen molar-refractivity contribution < 1.29 is 14.6 Å². The Morgan fingerprint density at radius 3 is 2.90 bits per heavy atom. The van der Waals surface area contributed by atoms with Gasteiger partial charge in [-0.2, -0.15) is 0 Å². The smallest absolute Gasteiger partial charge is 0.251 e. The summed E-state index contributed by atoms with van der Waals surface area (Å²) in [5, 5.41) is 12.1. The molecule has 0 aromatic heterocycles. The van der Waals surface area contributed by atoms with Gasteiger partial charge in [0.1, 0.15) is 0 Å². The second-order valence-electron chi connectivity index (χ2n) is 5.48. The van der Waals surface area contributed by atoms with Gasteiger partial charge in [0.05, 0.1) is 6.61 Å². The number of rotatable bonds is 5. The van der Waals surface area contributed by atoms with E-state index in [1.165, 1.54) is 0 Å². The van der Waals surface area contributed by atoms with Crippen LogP contribution in [0.1, 0.15) is 28.8 Å². The molecule has 1 aromatic carbocycles. The van der Waals surface area contributed by atoms with Crippen molar-refractivity contribution in [1.82, 2.24) is 5.32 Å². The van der Waals surface area contributed by atoms with E-state index in [9.17, 15) is 9.90 Å². The Morgan fingerprint density at radius 1 is 1.50 bits per heavy atom. The predicted molar refractivity (Wildman–Crippen MR) is 80.8 cm³/mol. The van der Waals surface area contributed by atoms with Crippen LogP contribution in [-0.2, 0) is 4.74 Å². The topological polar surface area (TPSA) is 58.6 Å². The second-order valence-corrected chi connectivity index (χ2v) is 6.39. The molecular formula is C15H20BrNO3. The van der Waals surface area contributed by atoms with E-state index in [1.807, 2.05) is 25.1 Å². The molecule has 2 rings (SSSR count). The third kappa shape index (κ3) is 3.81. The highest BCUT2D eigenvalue weighted by Crippen LogP contribution is 2.31. The van der Waals surface area contributed by atoms with E-state index < -0.39 is 0 Å². The summed E-state index contributed by atoms with van der Waals surface area (Å²) in [4.78, 5) is 12.2. The lowest BCUT2D eigenvalue weighted by molar-refractivity contribution is 0.0889. The van der Waals surface area contributed by atoms with Crippen molar-refractivity contribution in [3.63, 3.8) is 0 Å². The number of benzene rings is 1. The standard InChI is InChI=1S/C15H20BrNO3/c1-11-6-12(8-13(16)7-11)14(19)17-9-15(2-4-18)3-5-20-10-15/h6-8,18H,2-5,9-10H2,1H3,(H,17,19)/t15-/m0/s1. The van der Waals surface area contributed by atoms with Gasteiger partial charge in [-0.25, -0.2) is 0 Å². The molecule has 1 saturated heterocycles. The van der Waals surface area contributed by atoms with E-state index in [0.717, 1.165) is 16.5 Å². The van der Waals surface area contributed by atoms with Crippen molar-refractivity contribution in [2.24, 2.45) is 5.41 Å². The quantitative estimate of drug-likeness (QED) is 0.863. The number of halogens is 1. The number of ether oxygens (including phenoxy) is 1. The summed E-state index contributed by atoms with van der Waals surface area (Å²) in [6.07, 6.45) is 1.54. The van der Waals surface area contributed by atoms with Gasteiger partial charge < -0.3 is 15.2 Å². The SMILES string of the molecule is Cc1cc(Br)cc(C(=O)NC[C@]2(CCO)CCOC2)c1. The summed E-state index contributed by atoms with van der Waals surface area (Å²) in [6.45, 7) is 3.92. The highest BCUT2D eigenvalue weighted by atomic mass is 79.9. The van der Waals surface area contributed by atoms with Crippen LogP contribution in [0.15, 0.2) is 22.7 Å². The molecule has 0 saturated carbocycles. The third-order valence-corrected chi connectivity index (χ3v) is 4.21. The minimum Gasteiger partial charge on any atom is -0.396 e. The lowest BCUT2D eigenvalue weighted by Crippen LogP contribution is -2.38. The zero-order chi connectivity index (χ0) is 14.6. The van der Waals surface area contributed by atoms with Crippen molar-refractivity contribution in [2.75, 3.05) is 26.4 Å². The van der Waals surface area contributed by atoms with Crippen molar-refractivity contribution in [2.45, 2.75) is 19.8 Å². The van der Waals surface area contributed by atoms with E-state index in [1.54, 1.807) is 0 Å². The highest BCUT2D eigenvalue weighted by Gasteiger charge is 2.34. The van der Waals surface area contributed by atoms with Gasteiger partial charge in [0.25, 0.3) is 5.91 Å². The predicted octanol–water partition coefficient (Wildman–Crippen LogP) is 2.28. The first-order valence-electron chi connectivity index (χ1n) is 6.79. The van der Waals surface area contributed by atoms with Crippen LogP contribution in [0.2, 0.25) is 0 Å². The zero-order valence-electron chi connectivity index (χ0n) is 11.6. The number of aliphatic hydroxyl groups is 1. The van der Waals surface area contributed by atoms with Crippen LogP contribution >= 0.6 is 15.9 Å². The monoisotopic (exact) mass is 341 g/mol. The first-order valence-corrected chi connectivity index (χ1v) is 7.58. The molecule has 1 aliphatic heterocycles. The minimum absolute atomic E-state index is 0.0846. The van der Waals surface area contributed by atoms with E-state index in [4.69, 9.17) is 4.74 Å². The van der Waals surface area contributed by atoms with Gasteiger partial charge in [-0.05, 0) is 43.5 Å². The molecule has 0 spiro atoms. The number of carbonyl (C=O) groups is 1. The molecular weight excluding hydrogens is 322 g/mol. The first kappa shape index (κ1) is 15.5. The molecule has 0 radical (unpaired) electrons. The van der Waals surface area contributed by atoms with Crippen LogP contribution in [0.5, 0.6) is 0 Å². The molecule has 110 valence electrons. The zero-order valence-corrected chi connectivity index (χ0v) is 13.2. The number of nitrogens with one attached hydrogen (secondary N) is 1. The summed E-state index contributed by atoms with van der Waals surface area (Å²) in [5.74, 6) is -0.0846. The minimum atomic E-state index is -0.120. The molecule has 1 aromatic rings. The van der Waals surface area contributed by atoms with Crippen molar-refractivity contribution in [3.05, 3.63) is 33.8 Å². The Labute approximate surface area is 127 Å². The van der Waals surface area contributed by atoms with Gasteiger partial charge in [0.2, 0.25) is 0 Å². The molecule has 1 atom stereocenters. The van der Waals surface area contributed by atoms with Crippen molar-refractivity contribution in [1.29, 1.82) is 0 Å². The fourth-order valence-electron chi connectivity index (χ4n) is 2.55. The van der Waals surface area contributed by atoms with Crippen molar-refractivity contribution in [3.8, 4) is 0 Å². The molecule has 1 fully saturated rings. The summed E-state index contributed by atoms with van der Waals surface area (Å²) >= 11 is 3.40. The number of amides is 1. The van der Waals surface area contributed by atoms with Gasteiger partial charge in [0.15, 0.2) is 0 Å². The number of hydrogen-bond donors (Lipinski definition) is 2. The van der Waals surface area contributed by atoms with Crippen LogP contribution < -0.4 is 5.32 Å². The average molecular weight is 342 g/mol. The molecule has 5 heteroatoms. The van der Waals surface area contributed by atoms with E-state index in [2.05, 4.69) is 21.2 Å². The van der Waals surface area contributed by atoms with Gasteiger partial charge in [-0.1, -0.05) is 15.9 Å². The number of aliphatic hydroxyl groups excluding tert-OH is 1. The molecule has 1 aliphatic rings. The molecule has 1 amide bonds. The summed E-state index contributed by atoms with van der Waals surface area (Å²) in [5.41, 5.74) is 1.57. The van der Waals surface area contributed by atoms with Crippen molar-refractivity contribution >= 4 is 21.8 Å². The van der Waals surface area contributed by atoms with Crippen LogP contribution in [0.25, 0.3) is 0 Å². The number of aryl methyl sites for hydroxylation is 1. The largest absolute Gasteiger partial charge is 0.396 e. The van der Waals surface area contributed by atoms with Crippen LogP contribution in [0.4, 0.5) is 0 Å². The first-order chi connectivity index (χ1) is 9.54. The number of carbonyl (C=O) groups excluding carboxylic acids is 1. The van der Waals surface area contributed by atoms with E-state index >= 15 is 0 Å². The van der Waals surface area contributed by atoms with E-state index in [-0.39, 0.29) is 17.9 Å². The maximum atomic E-state index is 12.2. The Bertz CT molecular complexity index is 464. The summed E-state index contributed by atoms with van der Waals surface area (Å²) in [7, 11) is 0. The average Bonchev–Trinajstić information content (AvgIpc) is 2.84. The van der Waals surface area contributed by atoms with Crippen LogP contribution in [0, 0.1) is 12.3 Å².